The fourth-order valence-corrected chi connectivity index (χ4v) is 2.23. The van der Waals surface area contributed by atoms with E-state index in [9.17, 15) is 0 Å². The molecule has 0 spiro atoms. The van der Waals surface area contributed by atoms with Crippen molar-refractivity contribution in [2.75, 3.05) is 5.32 Å². The molecule has 1 N–H and O–H groups in total. The molecule has 4 heteroatoms. The van der Waals surface area contributed by atoms with Crippen molar-refractivity contribution in [3.05, 3.63) is 42.1 Å². The van der Waals surface area contributed by atoms with Gasteiger partial charge >= 0.3 is 0 Å². The Balaban J connectivity index is 0.000000774. The standard InChI is InChI=1S/C15H18N4.C2H6/c1-15(2,3)18-13-8-9-16-19(13)14-10-11-6-4-5-7-12(11)17-14;1-2/h4-9,18H,10H2,1-3H3;1-2H3. The molecule has 0 bridgehead atoms. The first-order valence-corrected chi connectivity index (χ1v) is 7.51. The van der Waals surface area contributed by atoms with Gasteiger partial charge in [0, 0.05) is 18.0 Å². The molecular formula is C17H24N4. The second-order valence-electron chi connectivity index (χ2n) is 5.84. The molecule has 1 aromatic carbocycles. The van der Waals surface area contributed by atoms with Crippen LogP contribution in [-0.2, 0) is 6.42 Å². The van der Waals surface area contributed by atoms with E-state index in [1.807, 2.05) is 36.7 Å². The zero-order valence-electron chi connectivity index (χ0n) is 13.5. The van der Waals surface area contributed by atoms with Gasteiger partial charge in [-0.05, 0) is 32.4 Å². The minimum atomic E-state index is 0.00377. The topological polar surface area (TPSA) is 42.2 Å². The second-order valence-corrected chi connectivity index (χ2v) is 5.84. The predicted octanol–water partition coefficient (Wildman–Crippen LogP) is 4.25. The summed E-state index contributed by atoms with van der Waals surface area (Å²) in [5.74, 6) is 1.96. The largest absolute Gasteiger partial charge is 0.365 e. The Bertz CT molecular complexity index is 632. The first kappa shape index (κ1) is 15.3. The molecule has 0 saturated heterocycles. The highest BCUT2D eigenvalue weighted by molar-refractivity contribution is 5.95. The van der Waals surface area contributed by atoms with Crippen LogP contribution in [0.4, 0.5) is 11.5 Å². The number of fused-ring (bicyclic) bond motifs is 1. The maximum atomic E-state index is 4.66. The highest BCUT2D eigenvalue weighted by Crippen LogP contribution is 2.27. The Morgan fingerprint density at radius 1 is 1.10 bits per heavy atom. The first-order valence-electron chi connectivity index (χ1n) is 7.51. The number of hydrogen-bond donors (Lipinski definition) is 1. The summed E-state index contributed by atoms with van der Waals surface area (Å²) in [6.45, 7) is 10.4. The van der Waals surface area contributed by atoms with Crippen LogP contribution in [0.15, 0.2) is 41.5 Å². The molecule has 0 fully saturated rings. The zero-order chi connectivity index (χ0) is 15.5. The van der Waals surface area contributed by atoms with Gasteiger partial charge in [-0.2, -0.15) is 5.10 Å². The maximum absolute atomic E-state index is 4.66. The van der Waals surface area contributed by atoms with Crippen LogP contribution in [0.25, 0.3) is 0 Å². The van der Waals surface area contributed by atoms with Gasteiger partial charge in [-0.3, -0.25) is 0 Å². The highest BCUT2D eigenvalue weighted by atomic mass is 15.4. The van der Waals surface area contributed by atoms with Crippen LogP contribution in [0.1, 0.15) is 40.2 Å². The van der Waals surface area contributed by atoms with Gasteiger partial charge in [-0.15, -0.1) is 0 Å². The minimum Gasteiger partial charge on any atom is -0.365 e. The molecule has 0 atom stereocenters. The van der Waals surface area contributed by atoms with E-state index in [0.717, 1.165) is 23.8 Å². The normalized spacial score (nSPS) is 13.1. The molecule has 112 valence electrons. The average Bonchev–Trinajstić information content (AvgIpc) is 3.04. The Morgan fingerprint density at radius 2 is 1.81 bits per heavy atom. The summed E-state index contributed by atoms with van der Waals surface area (Å²) in [6, 6.07) is 10.2. The third kappa shape index (κ3) is 3.51. The van der Waals surface area contributed by atoms with Gasteiger partial charge in [-0.25, -0.2) is 9.67 Å². The van der Waals surface area contributed by atoms with E-state index in [1.165, 1.54) is 5.56 Å². The van der Waals surface area contributed by atoms with Crippen molar-refractivity contribution in [2.45, 2.75) is 46.6 Å². The van der Waals surface area contributed by atoms with Gasteiger partial charge < -0.3 is 5.32 Å². The molecule has 1 aliphatic heterocycles. The third-order valence-corrected chi connectivity index (χ3v) is 2.98. The van der Waals surface area contributed by atoms with Gasteiger partial charge in [-0.1, -0.05) is 32.0 Å². The average molecular weight is 284 g/mol. The molecule has 0 unspecified atom stereocenters. The molecule has 0 radical (unpaired) electrons. The lowest BCUT2D eigenvalue weighted by atomic mass is 10.1. The second kappa shape index (κ2) is 6.12. The van der Waals surface area contributed by atoms with Crippen LogP contribution >= 0.6 is 0 Å². The van der Waals surface area contributed by atoms with Gasteiger partial charge in [0.15, 0.2) is 0 Å². The SMILES string of the molecule is CC.CC(C)(C)Nc1ccnn1C1=Nc2ccccc2C1. The number of rotatable bonds is 1. The van der Waals surface area contributed by atoms with Crippen molar-refractivity contribution < 1.29 is 0 Å². The number of nitrogens with one attached hydrogen (secondary N) is 1. The van der Waals surface area contributed by atoms with Gasteiger partial charge in [0.05, 0.1) is 11.9 Å². The Kier molecular flexibility index (Phi) is 4.46. The van der Waals surface area contributed by atoms with Crippen molar-refractivity contribution >= 4 is 17.3 Å². The molecule has 2 heterocycles. The van der Waals surface area contributed by atoms with Gasteiger partial charge in [0.25, 0.3) is 0 Å². The maximum Gasteiger partial charge on any atom is 0.137 e. The summed E-state index contributed by atoms with van der Waals surface area (Å²) in [7, 11) is 0. The Hall–Kier alpha value is -2.10. The number of aromatic nitrogens is 2. The fraction of sp³-hybridized carbons (Fsp3) is 0.412. The van der Waals surface area contributed by atoms with Gasteiger partial charge in [0.1, 0.15) is 11.7 Å². The number of anilines is 1. The summed E-state index contributed by atoms with van der Waals surface area (Å²) in [5, 5.41) is 7.84. The quantitative estimate of drug-likeness (QED) is 0.850. The first-order chi connectivity index (χ1) is 10.0. The summed E-state index contributed by atoms with van der Waals surface area (Å²) in [4.78, 5) is 4.66. The number of para-hydroxylation sites is 1. The van der Waals surface area contributed by atoms with Crippen LogP contribution in [0, 0.1) is 0 Å². The summed E-state index contributed by atoms with van der Waals surface area (Å²) in [6.07, 6.45) is 2.64. The summed E-state index contributed by atoms with van der Waals surface area (Å²) >= 11 is 0. The predicted molar refractivity (Wildman–Crippen MR) is 89.6 cm³/mol. The number of nitrogens with zero attached hydrogens (tertiary/aromatic N) is 3. The fourth-order valence-electron chi connectivity index (χ4n) is 2.23. The Morgan fingerprint density at radius 3 is 2.48 bits per heavy atom. The van der Waals surface area contributed by atoms with E-state index < -0.39 is 0 Å². The number of hydrogen-bond acceptors (Lipinski definition) is 3. The van der Waals surface area contributed by atoms with E-state index >= 15 is 0 Å². The van der Waals surface area contributed by atoms with Crippen LogP contribution in [0.3, 0.4) is 0 Å². The number of aliphatic imine (C=N–C) groups is 1. The van der Waals surface area contributed by atoms with E-state index in [4.69, 9.17) is 0 Å². The van der Waals surface area contributed by atoms with Gasteiger partial charge in [0.2, 0.25) is 0 Å². The van der Waals surface area contributed by atoms with Crippen LogP contribution in [-0.4, -0.2) is 21.2 Å². The van der Waals surface area contributed by atoms with Crippen molar-refractivity contribution in [2.24, 2.45) is 4.99 Å². The van der Waals surface area contributed by atoms with Crippen molar-refractivity contribution in [1.29, 1.82) is 0 Å². The van der Waals surface area contributed by atoms with E-state index in [0.29, 0.717) is 0 Å². The smallest absolute Gasteiger partial charge is 0.137 e. The highest BCUT2D eigenvalue weighted by Gasteiger charge is 2.20. The molecule has 1 aromatic heterocycles. The van der Waals surface area contributed by atoms with Crippen LogP contribution in [0.2, 0.25) is 0 Å². The van der Waals surface area contributed by atoms with Crippen LogP contribution < -0.4 is 5.32 Å². The van der Waals surface area contributed by atoms with Crippen molar-refractivity contribution in [3.63, 3.8) is 0 Å². The molecular weight excluding hydrogens is 260 g/mol. The van der Waals surface area contributed by atoms with Crippen molar-refractivity contribution in [3.8, 4) is 0 Å². The Labute approximate surface area is 126 Å². The number of benzene rings is 1. The van der Waals surface area contributed by atoms with E-state index in [-0.39, 0.29) is 5.54 Å². The minimum absolute atomic E-state index is 0.00377. The van der Waals surface area contributed by atoms with E-state index in [1.54, 1.807) is 6.20 Å². The van der Waals surface area contributed by atoms with Crippen LogP contribution in [0.5, 0.6) is 0 Å². The third-order valence-electron chi connectivity index (χ3n) is 2.98. The molecule has 1 aliphatic rings. The monoisotopic (exact) mass is 284 g/mol. The zero-order valence-corrected chi connectivity index (χ0v) is 13.5. The van der Waals surface area contributed by atoms with Crippen molar-refractivity contribution in [1.82, 2.24) is 9.78 Å². The molecule has 2 aromatic rings. The summed E-state index contributed by atoms with van der Waals surface area (Å²) < 4.78 is 1.89. The molecule has 0 saturated carbocycles. The summed E-state index contributed by atoms with van der Waals surface area (Å²) in [5.41, 5.74) is 2.31. The molecule has 3 rings (SSSR count). The lowest BCUT2D eigenvalue weighted by Crippen LogP contribution is -2.29. The lowest BCUT2D eigenvalue weighted by molar-refractivity contribution is 0.626. The molecule has 0 amide bonds. The van der Waals surface area contributed by atoms with E-state index in [2.05, 4.69) is 48.3 Å². The molecule has 4 nitrogen and oxygen atoms in total. The lowest BCUT2D eigenvalue weighted by Gasteiger charge is -2.22. The molecule has 21 heavy (non-hydrogen) atoms. The molecule has 0 aliphatic carbocycles.